The molecule has 0 spiro atoms. The molecule has 8 heteroatoms. The second-order valence-electron chi connectivity index (χ2n) is 10.9. The van der Waals surface area contributed by atoms with E-state index < -0.39 is 11.6 Å². The molecule has 2 aliphatic rings. The molecule has 4 aromatic rings. The fourth-order valence-corrected chi connectivity index (χ4v) is 6.20. The number of hydrogen-bond acceptors (Lipinski definition) is 4. The number of likely N-dealkylation sites (tertiary alicyclic amines) is 1. The minimum absolute atomic E-state index is 0.0903. The van der Waals surface area contributed by atoms with Crippen LogP contribution in [0.2, 0.25) is 0 Å². The Morgan fingerprint density at radius 1 is 1.10 bits per heavy atom. The fourth-order valence-electron chi connectivity index (χ4n) is 6.20. The third-order valence-electron chi connectivity index (χ3n) is 8.57. The Hall–Kier alpha value is -3.91. The van der Waals surface area contributed by atoms with Crippen LogP contribution in [0.1, 0.15) is 42.7 Å². The molecule has 0 saturated carbocycles. The highest BCUT2D eigenvalue weighted by molar-refractivity contribution is 5.99. The maximum atomic E-state index is 14.1. The van der Waals surface area contributed by atoms with Crippen LogP contribution >= 0.6 is 0 Å². The van der Waals surface area contributed by atoms with Gasteiger partial charge in [0.15, 0.2) is 0 Å². The number of hydrogen-bond donors (Lipinski definition) is 1. The number of nitrogens with zero attached hydrogens (tertiary/aromatic N) is 4. The molecular weight excluding hydrogens is 495 g/mol. The molecule has 1 fully saturated rings. The SMILES string of the molecule is COc1cc2c(cc1-c1ccn(C)n1)-c1c(-c3ccc(F)cc3)cc(C(=O)N3CCC[C@@]3(C)[C@H](C)O)n1CC2. The van der Waals surface area contributed by atoms with Crippen LogP contribution in [-0.4, -0.2) is 55.6 Å². The standard InChI is InChI=1S/C31H33FN4O3/c1-19(37)31(2)12-5-13-36(31)30(38)27-18-24(20-6-8-22(32)9-7-20)29-23-17-25(26-11-14-34(3)33-26)28(39-4)16-21(23)10-15-35(27)29/h6-9,11,14,16-19,37H,5,10,12-13,15H2,1-4H3/t19-,31-/m0/s1. The number of aliphatic hydroxyl groups is 1. The summed E-state index contributed by atoms with van der Waals surface area (Å²) in [5, 5.41) is 15.2. The summed E-state index contributed by atoms with van der Waals surface area (Å²) in [7, 11) is 3.54. The van der Waals surface area contributed by atoms with Crippen LogP contribution < -0.4 is 4.74 Å². The summed E-state index contributed by atoms with van der Waals surface area (Å²) in [5.41, 5.74) is 6.37. The molecule has 39 heavy (non-hydrogen) atoms. The number of rotatable bonds is 5. The first-order valence-corrected chi connectivity index (χ1v) is 13.4. The van der Waals surface area contributed by atoms with Crippen LogP contribution in [-0.2, 0) is 20.0 Å². The Kier molecular flexibility index (Phi) is 6.10. The van der Waals surface area contributed by atoms with Gasteiger partial charge in [0, 0.05) is 43.0 Å². The highest BCUT2D eigenvalue weighted by Crippen LogP contribution is 2.45. The zero-order chi connectivity index (χ0) is 27.5. The van der Waals surface area contributed by atoms with Crippen LogP contribution in [0, 0.1) is 5.82 Å². The molecule has 0 aliphatic carbocycles. The monoisotopic (exact) mass is 528 g/mol. The number of methoxy groups -OCH3 is 1. The average Bonchev–Trinajstić information content (AvgIpc) is 3.65. The van der Waals surface area contributed by atoms with E-state index in [0.717, 1.165) is 64.2 Å². The predicted molar refractivity (Wildman–Crippen MR) is 148 cm³/mol. The molecule has 202 valence electrons. The molecule has 0 radical (unpaired) electrons. The molecule has 4 heterocycles. The van der Waals surface area contributed by atoms with Crippen molar-refractivity contribution < 1.29 is 19.0 Å². The third-order valence-corrected chi connectivity index (χ3v) is 8.57. The third kappa shape index (κ3) is 4.05. The van der Waals surface area contributed by atoms with E-state index in [1.165, 1.54) is 12.1 Å². The highest BCUT2D eigenvalue weighted by atomic mass is 19.1. The zero-order valence-electron chi connectivity index (χ0n) is 22.7. The van der Waals surface area contributed by atoms with Gasteiger partial charge in [0.1, 0.15) is 17.3 Å². The van der Waals surface area contributed by atoms with Crippen molar-refractivity contribution in [3.05, 3.63) is 71.8 Å². The first-order valence-electron chi connectivity index (χ1n) is 13.4. The molecule has 6 rings (SSSR count). The van der Waals surface area contributed by atoms with Gasteiger partial charge in [-0.2, -0.15) is 5.10 Å². The number of halogens is 1. The van der Waals surface area contributed by atoms with Crippen molar-refractivity contribution >= 4 is 5.91 Å². The Labute approximate surface area is 227 Å². The lowest BCUT2D eigenvalue weighted by atomic mass is 9.91. The molecule has 2 aliphatic heterocycles. The van der Waals surface area contributed by atoms with E-state index in [2.05, 4.69) is 21.8 Å². The Balaban J connectivity index is 1.57. The highest BCUT2D eigenvalue weighted by Gasteiger charge is 2.44. The Morgan fingerprint density at radius 2 is 1.87 bits per heavy atom. The Bertz CT molecular complexity index is 1570. The lowest BCUT2D eigenvalue weighted by Gasteiger charge is -2.38. The number of carbonyl (C=O) groups excluding carboxylic acids is 1. The van der Waals surface area contributed by atoms with Crippen molar-refractivity contribution in [3.63, 3.8) is 0 Å². The minimum atomic E-state index is -0.648. The van der Waals surface area contributed by atoms with Gasteiger partial charge in [0.25, 0.3) is 5.91 Å². The van der Waals surface area contributed by atoms with E-state index in [1.807, 2.05) is 37.2 Å². The molecular formula is C31H33FN4O3. The summed E-state index contributed by atoms with van der Waals surface area (Å²) in [4.78, 5) is 16.0. The van der Waals surface area contributed by atoms with Gasteiger partial charge < -0.3 is 19.3 Å². The van der Waals surface area contributed by atoms with Crippen molar-refractivity contribution in [1.82, 2.24) is 19.2 Å². The second-order valence-corrected chi connectivity index (χ2v) is 10.9. The van der Waals surface area contributed by atoms with Crippen molar-refractivity contribution in [1.29, 1.82) is 0 Å². The Morgan fingerprint density at radius 3 is 2.54 bits per heavy atom. The maximum absolute atomic E-state index is 14.1. The van der Waals surface area contributed by atoms with Crippen molar-refractivity contribution in [2.75, 3.05) is 13.7 Å². The summed E-state index contributed by atoms with van der Waals surface area (Å²) in [6.07, 6.45) is 3.58. The van der Waals surface area contributed by atoms with Crippen LogP contribution in [0.15, 0.2) is 54.7 Å². The summed E-state index contributed by atoms with van der Waals surface area (Å²) < 4.78 is 23.5. The first kappa shape index (κ1) is 25.4. The number of fused-ring (bicyclic) bond motifs is 3. The summed E-state index contributed by atoms with van der Waals surface area (Å²) in [6.45, 7) is 4.94. The van der Waals surface area contributed by atoms with E-state index >= 15 is 0 Å². The number of benzene rings is 2. The van der Waals surface area contributed by atoms with Gasteiger partial charge in [-0.15, -0.1) is 0 Å². The number of amides is 1. The van der Waals surface area contributed by atoms with E-state index in [-0.39, 0.29) is 11.7 Å². The molecule has 7 nitrogen and oxygen atoms in total. The van der Waals surface area contributed by atoms with Crippen LogP contribution in [0.5, 0.6) is 5.75 Å². The van der Waals surface area contributed by atoms with Crippen molar-refractivity contribution in [3.8, 4) is 39.4 Å². The molecule has 1 N–H and O–H groups in total. The summed E-state index contributed by atoms with van der Waals surface area (Å²) in [6, 6.07) is 14.5. The van der Waals surface area contributed by atoms with Crippen molar-refractivity contribution in [2.24, 2.45) is 7.05 Å². The number of aryl methyl sites for hydroxylation is 2. The largest absolute Gasteiger partial charge is 0.496 e. The van der Waals surface area contributed by atoms with Crippen molar-refractivity contribution in [2.45, 2.75) is 51.3 Å². The van der Waals surface area contributed by atoms with E-state index in [1.54, 1.807) is 30.8 Å². The van der Waals surface area contributed by atoms with Crippen LogP contribution in [0.3, 0.4) is 0 Å². The summed E-state index contributed by atoms with van der Waals surface area (Å²) >= 11 is 0. The van der Waals surface area contributed by atoms with E-state index in [0.29, 0.717) is 18.8 Å². The minimum Gasteiger partial charge on any atom is -0.496 e. The number of ether oxygens (including phenoxy) is 1. The van der Waals surface area contributed by atoms with Gasteiger partial charge in [0.05, 0.1) is 30.1 Å². The summed E-state index contributed by atoms with van der Waals surface area (Å²) in [5.74, 6) is 0.347. The van der Waals surface area contributed by atoms with E-state index in [4.69, 9.17) is 4.74 Å². The molecule has 2 atom stereocenters. The molecule has 0 bridgehead atoms. The first-order chi connectivity index (χ1) is 18.7. The molecule has 0 unspecified atom stereocenters. The van der Waals surface area contributed by atoms with Gasteiger partial charge in [-0.3, -0.25) is 9.48 Å². The molecule has 1 saturated heterocycles. The van der Waals surface area contributed by atoms with Gasteiger partial charge in [-0.25, -0.2) is 4.39 Å². The quantitative estimate of drug-likeness (QED) is 0.382. The smallest absolute Gasteiger partial charge is 0.271 e. The molecule has 2 aromatic carbocycles. The maximum Gasteiger partial charge on any atom is 0.271 e. The van der Waals surface area contributed by atoms with Gasteiger partial charge >= 0.3 is 0 Å². The fraction of sp³-hybridized carbons (Fsp3) is 0.355. The predicted octanol–water partition coefficient (Wildman–Crippen LogP) is 5.30. The van der Waals surface area contributed by atoms with Gasteiger partial charge in [0.2, 0.25) is 0 Å². The zero-order valence-corrected chi connectivity index (χ0v) is 22.7. The lowest BCUT2D eigenvalue weighted by Crippen LogP contribution is -2.52. The van der Waals surface area contributed by atoms with Gasteiger partial charge in [-0.05, 0) is 80.6 Å². The lowest BCUT2D eigenvalue weighted by molar-refractivity contribution is 0.0145. The van der Waals surface area contributed by atoms with E-state index in [9.17, 15) is 14.3 Å². The second kappa shape index (κ2) is 9.38. The van der Waals surface area contributed by atoms with Crippen LogP contribution in [0.4, 0.5) is 4.39 Å². The molecule has 2 aromatic heterocycles. The molecule has 1 amide bonds. The normalized spacial score (nSPS) is 19.1. The van der Waals surface area contributed by atoms with Gasteiger partial charge in [-0.1, -0.05) is 12.1 Å². The average molecular weight is 529 g/mol. The topological polar surface area (TPSA) is 72.5 Å². The number of aliphatic hydroxyl groups excluding tert-OH is 1. The number of aromatic nitrogens is 3. The number of carbonyl (C=O) groups is 1. The van der Waals surface area contributed by atoms with Crippen LogP contribution in [0.25, 0.3) is 33.6 Å².